The molecule has 0 aliphatic heterocycles. The van der Waals surface area contributed by atoms with E-state index in [0.29, 0.717) is 6.61 Å². The van der Waals surface area contributed by atoms with Crippen LogP contribution in [-0.2, 0) is 6.42 Å². The first-order valence-electron chi connectivity index (χ1n) is 5.68. The Morgan fingerprint density at radius 3 is 2.53 bits per heavy atom. The Kier molecular flexibility index (Phi) is 4.21. The van der Waals surface area contributed by atoms with E-state index in [2.05, 4.69) is 59.3 Å². The van der Waals surface area contributed by atoms with Gasteiger partial charge < -0.3 is 4.74 Å². The van der Waals surface area contributed by atoms with E-state index >= 15 is 0 Å². The molecule has 0 bridgehead atoms. The summed E-state index contributed by atoms with van der Waals surface area (Å²) in [6.07, 6.45) is 0.932. The molecule has 0 aliphatic carbocycles. The molecule has 0 N–H and O–H groups in total. The molecule has 0 saturated heterocycles. The zero-order valence-corrected chi connectivity index (χ0v) is 11.4. The normalized spacial score (nSPS) is 10.2. The fourth-order valence-electron chi connectivity index (χ4n) is 1.64. The topological polar surface area (TPSA) is 9.23 Å². The second-order valence-electron chi connectivity index (χ2n) is 4.04. The lowest BCUT2D eigenvalue weighted by Crippen LogP contribution is -2.01. The maximum atomic E-state index is 5.71. The zero-order chi connectivity index (χ0) is 12.1. The van der Waals surface area contributed by atoms with E-state index in [1.165, 1.54) is 11.1 Å². The molecule has 0 atom stereocenters. The van der Waals surface area contributed by atoms with E-state index in [9.17, 15) is 0 Å². The Balaban J connectivity index is 1.85. The Labute approximate surface area is 111 Å². The number of hydrogen-bond donors (Lipinski definition) is 0. The molecule has 2 aromatic carbocycles. The molecule has 2 heteroatoms. The van der Waals surface area contributed by atoms with Gasteiger partial charge in [0.05, 0.1) is 6.61 Å². The van der Waals surface area contributed by atoms with Gasteiger partial charge in [0.25, 0.3) is 0 Å². The first kappa shape index (κ1) is 12.2. The van der Waals surface area contributed by atoms with Gasteiger partial charge in [0.15, 0.2) is 0 Å². The smallest absolute Gasteiger partial charge is 0.119 e. The minimum absolute atomic E-state index is 0.713. The lowest BCUT2D eigenvalue weighted by Gasteiger charge is -2.07. The molecule has 0 aromatic heterocycles. The Bertz CT molecular complexity index is 477. The van der Waals surface area contributed by atoms with Crippen molar-refractivity contribution in [3.63, 3.8) is 0 Å². The largest absolute Gasteiger partial charge is 0.493 e. The van der Waals surface area contributed by atoms with Crippen molar-refractivity contribution in [2.75, 3.05) is 6.61 Å². The summed E-state index contributed by atoms with van der Waals surface area (Å²) < 4.78 is 6.82. The molecule has 0 amide bonds. The second kappa shape index (κ2) is 5.87. The summed E-state index contributed by atoms with van der Waals surface area (Å²) in [6.45, 7) is 2.78. The molecule has 88 valence electrons. The number of rotatable bonds is 4. The average Bonchev–Trinajstić information content (AvgIpc) is 2.32. The van der Waals surface area contributed by atoms with E-state index in [-0.39, 0.29) is 0 Å². The van der Waals surface area contributed by atoms with Gasteiger partial charge in [-0.2, -0.15) is 0 Å². The van der Waals surface area contributed by atoms with Gasteiger partial charge in [-0.15, -0.1) is 0 Å². The fraction of sp³-hybridized carbons (Fsp3) is 0.200. The van der Waals surface area contributed by atoms with Crippen LogP contribution in [0.1, 0.15) is 11.1 Å². The number of hydrogen-bond acceptors (Lipinski definition) is 1. The molecule has 0 radical (unpaired) electrons. The summed E-state index contributed by atoms with van der Waals surface area (Å²) >= 11 is 3.43. The third-order valence-corrected chi connectivity index (χ3v) is 3.09. The molecule has 2 rings (SSSR count). The van der Waals surface area contributed by atoms with Crippen LogP contribution in [0.2, 0.25) is 0 Å². The Morgan fingerprint density at radius 1 is 1.06 bits per heavy atom. The molecule has 17 heavy (non-hydrogen) atoms. The Morgan fingerprint density at radius 2 is 1.82 bits per heavy atom. The fourth-order valence-corrected chi connectivity index (χ4v) is 1.91. The van der Waals surface area contributed by atoms with Crippen LogP contribution >= 0.6 is 15.9 Å². The molecule has 0 heterocycles. The van der Waals surface area contributed by atoms with Crippen LogP contribution in [-0.4, -0.2) is 6.61 Å². The van der Waals surface area contributed by atoms with Crippen molar-refractivity contribution in [3.05, 3.63) is 64.1 Å². The number of halogens is 1. The maximum Gasteiger partial charge on any atom is 0.119 e. The van der Waals surface area contributed by atoms with Gasteiger partial charge in [-0.3, -0.25) is 0 Å². The molecule has 0 spiro atoms. The lowest BCUT2D eigenvalue weighted by molar-refractivity contribution is 0.322. The van der Waals surface area contributed by atoms with Gasteiger partial charge in [-0.05, 0) is 42.3 Å². The summed E-state index contributed by atoms with van der Waals surface area (Å²) in [5.74, 6) is 0.946. The summed E-state index contributed by atoms with van der Waals surface area (Å²) in [5.41, 5.74) is 2.52. The second-order valence-corrected chi connectivity index (χ2v) is 4.96. The molecular weight excluding hydrogens is 276 g/mol. The monoisotopic (exact) mass is 290 g/mol. The molecular formula is C15H15BrO. The first-order valence-corrected chi connectivity index (χ1v) is 6.47. The molecule has 0 aliphatic rings. The predicted octanol–water partition coefficient (Wildman–Crippen LogP) is 4.38. The highest BCUT2D eigenvalue weighted by Crippen LogP contribution is 2.14. The minimum atomic E-state index is 0.713. The van der Waals surface area contributed by atoms with Gasteiger partial charge in [0.2, 0.25) is 0 Å². The summed E-state index contributed by atoms with van der Waals surface area (Å²) in [5, 5.41) is 0. The predicted molar refractivity (Wildman–Crippen MR) is 74.5 cm³/mol. The van der Waals surface area contributed by atoms with Crippen molar-refractivity contribution in [1.29, 1.82) is 0 Å². The molecule has 0 fully saturated rings. The Hall–Kier alpha value is -1.28. The van der Waals surface area contributed by atoms with Crippen LogP contribution in [0.15, 0.2) is 53.0 Å². The van der Waals surface area contributed by atoms with Crippen LogP contribution in [0.4, 0.5) is 0 Å². The zero-order valence-electron chi connectivity index (χ0n) is 9.82. The van der Waals surface area contributed by atoms with Crippen LogP contribution in [0, 0.1) is 6.92 Å². The molecule has 0 saturated carbocycles. The summed E-state index contributed by atoms with van der Waals surface area (Å²) in [7, 11) is 0. The highest BCUT2D eigenvalue weighted by molar-refractivity contribution is 9.10. The number of benzene rings is 2. The van der Waals surface area contributed by atoms with Crippen molar-refractivity contribution in [2.24, 2.45) is 0 Å². The third-order valence-electron chi connectivity index (χ3n) is 2.56. The maximum absolute atomic E-state index is 5.71. The average molecular weight is 291 g/mol. The molecule has 1 nitrogen and oxygen atoms in total. The van der Waals surface area contributed by atoms with Gasteiger partial charge >= 0.3 is 0 Å². The summed E-state index contributed by atoms with van der Waals surface area (Å²) in [6, 6.07) is 16.5. The van der Waals surface area contributed by atoms with E-state index in [4.69, 9.17) is 4.74 Å². The van der Waals surface area contributed by atoms with Crippen LogP contribution in [0.5, 0.6) is 5.75 Å². The highest BCUT2D eigenvalue weighted by atomic mass is 79.9. The van der Waals surface area contributed by atoms with Crippen LogP contribution < -0.4 is 4.74 Å². The van der Waals surface area contributed by atoms with Crippen LogP contribution in [0.25, 0.3) is 0 Å². The van der Waals surface area contributed by atoms with Crippen molar-refractivity contribution in [3.8, 4) is 5.75 Å². The standard InChI is InChI=1S/C15H15BrO/c1-12-3-2-4-15(11-12)17-10-9-13-5-7-14(16)8-6-13/h2-8,11H,9-10H2,1H3. The van der Waals surface area contributed by atoms with Crippen LogP contribution in [0.3, 0.4) is 0 Å². The quantitative estimate of drug-likeness (QED) is 0.812. The third kappa shape index (κ3) is 3.90. The molecule has 0 unspecified atom stereocenters. The lowest BCUT2D eigenvalue weighted by atomic mass is 10.2. The first-order chi connectivity index (χ1) is 8.24. The van der Waals surface area contributed by atoms with E-state index in [1.54, 1.807) is 0 Å². The van der Waals surface area contributed by atoms with E-state index < -0.39 is 0 Å². The minimum Gasteiger partial charge on any atom is -0.493 e. The number of aryl methyl sites for hydroxylation is 1. The number of ether oxygens (including phenoxy) is 1. The highest BCUT2D eigenvalue weighted by Gasteiger charge is 1.96. The summed E-state index contributed by atoms with van der Waals surface area (Å²) in [4.78, 5) is 0. The van der Waals surface area contributed by atoms with Gasteiger partial charge in [0.1, 0.15) is 5.75 Å². The van der Waals surface area contributed by atoms with Crippen molar-refractivity contribution in [2.45, 2.75) is 13.3 Å². The van der Waals surface area contributed by atoms with Crippen molar-refractivity contribution in [1.82, 2.24) is 0 Å². The van der Waals surface area contributed by atoms with Gasteiger partial charge in [0, 0.05) is 10.9 Å². The van der Waals surface area contributed by atoms with E-state index in [1.807, 2.05) is 12.1 Å². The van der Waals surface area contributed by atoms with Crippen molar-refractivity contribution < 1.29 is 4.74 Å². The van der Waals surface area contributed by atoms with E-state index in [0.717, 1.165) is 16.6 Å². The SMILES string of the molecule is Cc1cccc(OCCc2ccc(Br)cc2)c1. The van der Waals surface area contributed by atoms with Crippen molar-refractivity contribution >= 4 is 15.9 Å². The molecule has 2 aromatic rings. The van der Waals surface area contributed by atoms with Gasteiger partial charge in [-0.25, -0.2) is 0 Å². The van der Waals surface area contributed by atoms with Gasteiger partial charge in [-0.1, -0.05) is 40.2 Å².